The summed E-state index contributed by atoms with van der Waals surface area (Å²) >= 11 is 2.28. The fourth-order valence-corrected chi connectivity index (χ4v) is 1.13. The smallest absolute Gasteiger partial charge is 0.117 e. The summed E-state index contributed by atoms with van der Waals surface area (Å²) in [7, 11) is 0. The van der Waals surface area contributed by atoms with E-state index in [1.165, 1.54) is 0 Å². The van der Waals surface area contributed by atoms with Crippen LogP contribution in [0.4, 0.5) is 0 Å². The molecule has 2 unspecified atom stereocenters. The topological polar surface area (TPSA) is 44.3 Å². The van der Waals surface area contributed by atoms with E-state index >= 15 is 0 Å². The molecule has 2 atom stereocenters. The molecule has 3 N–H and O–H groups in total. The largest absolute Gasteiger partial charge is 0.377 e. The number of β-amino-alcohol motifs (C(OH)–C–C–N with tert-alkyl or cyclic N) is 1. The van der Waals surface area contributed by atoms with E-state index in [-0.39, 0.29) is 6.23 Å². The third-order valence-electron chi connectivity index (χ3n) is 1.07. The monoisotopic (exact) mass is 228 g/mol. The van der Waals surface area contributed by atoms with Gasteiger partial charge in [-0.3, -0.25) is 5.32 Å². The van der Waals surface area contributed by atoms with E-state index in [0.717, 1.165) is 6.54 Å². The van der Waals surface area contributed by atoms with Crippen LogP contribution >= 0.6 is 22.6 Å². The zero-order valence-corrected chi connectivity index (χ0v) is 6.55. The van der Waals surface area contributed by atoms with Gasteiger partial charge in [-0.15, -0.1) is 0 Å². The quantitative estimate of drug-likeness (QED) is 0.290. The van der Waals surface area contributed by atoms with Crippen LogP contribution in [0.15, 0.2) is 0 Å². The molecule has 0 spiro atoms. The van der Waals surface area contributed by atoms with Gasteiger partial charge in [-0.25, -0.2) is 0 Å². The molecule has 1 aliphatic rings. The Bertz CT molecular complexity index is 62.4. The van der Waals surface area contributed by atoms with Crippen LogP contribution in [-0.4, -0.2) is 28.5 Å². The minimum Gasteiger partial charge on any atom is -0.377 e. The lowest BCUT2D eigenvalue weighted by molar-refractivity contribution is 0.118. The minimum atomic E-state index is -0.346. The van der Waals surface area contributed by atoms with Crippen molar-refractivity contribution < 1.29 is 5.11 Å². The first-order valence-electron chi connectivity index (χ1n) is 2.58. The highest BCUT2D eigenvalue weighted by Gasteiger charge is 2.13. The Labute approximate surface area is 62.0 Å². The fraction of sp³-hybridized carbons (Fsp3) is 1.00. The van der Waals surface area contributed by atoms with Crippen molar-refractivity contribution >= 4 is 22.6 Å². The normalized spacial score (nSPS) is 39.8. The van der Waals surface area contributed by atoms with Gasteiger partial charge in [-0.2, -0.15) is 0 Å². The van der Waals surface area contributed by atoms with Crippen LogP contribution in [0.5, 0.6) is 0 Å². The Morgan fingerprint density at radius 1 is 1.38 bits per heavy atom. The van der Waals surface area contributed by atoms with Crippen molar-refractivity contribution in [2.75, 3.05) is 13.1 Å². The standard InChI is InChI=1S/C4H9IN2O/c5-3-1-7-4(8)2-6-3/h3-4,6-8H,1-2H2. The highest BCUT2D eigenvalue weighted by molar-refractivity contribution is 14.1. The van der Waals surface area contributed by atoms with Crippen molar-refractivity contribution in [1.29, 1.82) is 0 Å². The van der Waals surface area contributed by atoms with E-state index in [0.29, 0.717) is 10.6 Å². The van der Waals surface area contributed by atoms with Crippen LogP contribution in [-0.2, 0) is 0 Å². The van der Waals surface area contributed by atoms with Gasteiger partial charge in [-0.05, 0) is 0 Å². The Balaban J connectivity index is 2.19. The second-order valence-corrected chi connectivity index (χ2v) is 3.30. The average Bonchev–Trinajstić information content (AvgIpc) is 1.77. The summed E-state index contributed by atoms with van der Waals surface area (Å²) in [6.07, 6.45) is -0.346. The van der Waals surface area contributed by atoms with Crippen LogP contribution < -0.4 is 10.6 Å². The van der Waals surface area contributed by atoms with Gasteiger partial charge in [0, 0.05) is 13.1 Å². The van der Waals surface area contributed by atoms with Crippen molar-refractivity contribution in [2.45, 2.75) is 10.3 Å². The van der Waals surface area contributed by atoms with Gasteiger partial charge < -0.3 is 10.4 Å². The molecule has 0 aromatic heterocycles. The summed E-state index contributed by atoms with van der Waals surface area (Å²) in [6, 6.07) is 0. The lowest BCUT2D eigenvalue weighted by Crippen LogP contribution is -2.51. The molecule has 0 aromatic carbocycles. The molecule has 0 saturated carbocycles. The maximum absolute atomic E-state index is 8.85. The van der Waals surface area contributed by atoms with Crippen molar-refractivity contribution in [3.05, 3.63) is 0 Å². The highest BCUT2D eigenvalue weighted by Crippen LogP contribution is 1.97. The Kier molecular flexibility index (Phi) is 2.48. The molecule has 0 bridgehead atoms. The highest BCUT2D eigenvalue weighted by atomic mass is 127. The molecular formula is C4H9IN2O. The predicted molar refractivity (Wildman–Crippen MR) is 39.8 cm³/mol. The Morgan fingerprint density at radius 2 is 2.12 bits per heavy atom. The van der Waals surface area contributed by atoms with Crippen molar-refractivity contribution in [3.8, 4) is 0 Å². The average molecular weight is 228 g/mol. The lowest BCUT2D eigenvalue weighted by Gasteiger charge is -2.23. The number of hydrogen-bond acceptors (Lipinski definition) is 3. The minimum absolute atomic E-state index is 0.346. The number of nitrogens with one attached hydrogen (secondary N) is 2. The molecule has 4 heteroatoms. The first-order valence-corrected chi connectivity index (χ1v) is 3.82. The number of hydrogen-bond donors (Lipinski definition) is 3. The van der Waals surface area contributed by atoms with Crippen LogP contribution in [0.2, 0.25) is 0 Å². The molecule has 1 aliphatic heterocycles. The summed E-state index contributed by atoms with van der Waals surface area (Å²) in [5, 5.41) is 14.9. The van der Waals surface area contributed by atoms with Crippen molar-refractivity contribution in [3.63, 3.8) is 0 Å². The molecule has 3 nitrogen and oxygen atoms in total. The van der Waals surface area contributed by atoms with E-state index < -0.39 is 0 Å². The van der Waals surface area contributed by atoms with Gasteiger partial charge in [0.05, 0.1) is 4.05 Å². The number of halogens is 1. The number of aliphatic hydroxyl groups excluding tert-OH is 1. The molecule has 0 aliphatic carbocycles. The Hall–Kier alpha value is 0.610. The van der Waals surface area contributed by atoms with Crippen LogP contribution in [0.25, 0.3) is 0 Å². The third kappa shape index (κ3) is 1.85. The summed E-state index contributed by atoms with van der Waals surface area (Å²) in [5.74, 6) is 0. The van der Waals surface area contributed by atoms with Gasteiger partial charge in [-0.1, -0.05) is 22.6 Å². The third-order valence-corrected chi connectivity index (χ3v) is 1.95. The van der Waals surface area contributed by atoms with Gasteiger partial charge >= 0.3 is 0 Å². The molecule has 1 saturated heterocycles. The molecule has 0 radical (unpaired) electrons. The molecule has 0 amide bonds. The second kappa shape index (κ2) is 2.95. The SMILES string of the molecule is OC1CNC(I)CN1. The van der Waals surface area contributed by atoms with E-state index in [1.54, 1.807) is 0 Å². The first kappa shape index (κ1) is 6.73. The molecule has 1 fully saturated rings. The number of rotatable bonds is 0. The Morgan fingerprint density at radius 3 is 2.50 bits per heavy atom. The number of alkyl halides is 1. The van der Waals surface area contributed by atoms with Gasteiger partial charge in [0.2, 0.25) is 0 Å². The molecule has 1 rings (SSSR count). The molecule has 48 valence electrons. The summed E-state index contributed by atoms with van der Waals surface area (Å²) in [6.45, 7) is 1.51. The summed E-state index contributed by atoms with van der Waals surface area (Å²) < 4.78 is 0.469. The van der Waals surface area contributed by atoms with Gasteiger partial charge in [0.25, 0.3) is 0 Å². The summed E-state index contributed by atoms with van der Waals surface area (Å²) in [5.41, 5.74) is 0. The van der Waals surface area contributed by atoms with Gasteiger partial charge in [0.1, 0.15) is 6.23 Å². The maximum Gasteiger partial charge on any atom is 0.117 e. The number of aliphatic hydroxyl groups is 1. The van der Waals surface area contributed by atoms with E-state index in [1.807, 2.05) is 0 Å². The van der Waals surface area contributed by atoms with Crippen molar-refractivity contribution in [2.24, 2.45) is 0 Å². The molecule has 0 aromatic rings. The first-order chi connectivity index (χ1) is 3.79. The predicted octanol–water partition coefficient (Wildman–Crippen LogP) is -0.741. The molecule has 1 heterocycles. The van der Waals surface area contributed by atoms with Crippen LogP contribution in [0.1, 0.15) is 0 Å². The fourth-order valence-electron chi connectivity index (χ4n) is 0.623. The maximum atomic E-state index is 8.85. The zero-order valence-electron chi connectivity index (χ0n) is 4.39. The van der Waals surface area contributed by atoms with Crippen molar-refractivity contribution in [1.82, 2.24) is 10.6 Å². The molecule has 8 heavy (non-hydrogen) atoms. The second-order valence-electron chi connectivity index (χ2n) is 1.80. The molecular weight excluding hydrogens is 219 g/mol. The van der Waals surface area contributed by atoms with E-state index in [2.05, 4.69) is 33.2 Å². The van der Waals surface area contributed by atoms with Crippen LogP contribution in [0.3, 0.4) is 0 Å². The summed E-state index contributed by atoms with van der Waals surface area (Å²) in [4.78, 5) is 0. The van der Waals surface area contributed by atoms with Crippen LogP contribution in [0, 0.1) is 0 Å². The number of piperazine rings is 1. The zero-order chi connectivity index (χ0) is 5.98. The van der Waals surface area contributed by atoms with E-state index in [9.17, 15) is 0 Å². The van der Waals surface area contributed by atoms with Gasteiger partial charge in [0.15, 0.2) is 0 Å². The van der Waals surface area contributed by atoms with E-state index in [4.69, 9.17) is 5.11 Å². The lowest BCUT2D eigenvalue weighted by atomic mass is 10.4.